The first-order valence-electron chi connectivity index (χ1n) is 6.55. The minimum Gasteiger partial charge on any atom is -0.469 e. The van der Waals surface area contributed by atoms with Gasteiger partial charge in [-0.1, -0.05) is 0 Å². The van der Waals surface area contributed by atoms with Crippen LogP contribution < -0.4 is 4.72 Å². The topological polar surface area (TPSA) is 72.5 Å². The van der Waals surface area contributed by atoms with E-state index >= 15 is 0 Å². The smallest absolute Gasteiger partial charge is 0.308 e. The van der Waals surface area contributed by atoms with Crippen molar-refractivity contribution in [2.75, 3.05) is 13.0 Å². The monoisotopic (exact) mass is 311 g/mol. The van der Waals surface area contributed by atoms with Crippen molar-refractivity contribution in [2.45, 2.75) is 50.3 Å². The average molecular weight is 312 g/mol. The second-order valence-electron chi connectivity index (χ2n) is 5.02. The standard InChI is InChI=1S/C12H22ClNO4S/c1-9(7-8-13)19(16,17)14-11-5-3-10(4-6-11)12(15)18-2/h9-11,14H,3-8H2,1-2H3/t9?,10-,11-. The van der Waals surface area contributed by atoms with Gasteiger partial charge in [0.1, 0.15) is 0 Å². The molecule has 1 rings (SSSR count). The van der Waals surface area contributed by atoms with Crippen LogP contribution in [0.5, 0.6) is 0 Å². The average Bonchev–Trinajstić information content (AvgIpc) is 2.38. The molecule has 0 aromatic rings. The van der Waals surface area contributed by atoms with Crippen LogP contribution in [0.25, 0.3) is 0 Å². The Hall–Kier alpha value is -0.330. The van der Waals surface area contributed by atoms with Gasteiger partial charge < -0.3 is 4.74 Å². The normalized spacial score (nSPS) is 25.8. The van der Waals surface area contributed by atoms with E-state index in [2.05, 4.69) is 4.72 Å². The summed E-state index contributed by atoms with van der Waals surface area (Å²) < 4.78 is 31.4. The molecule has 112 valence electrons. The maximum absolute atomic E-state index is 12.0. The van der Waals surface area contributed by atoms with Gasteiger partial charge in [0, 0.05) is 11.9 Å². The van der Waals surface area contributed by atoms with Crippen LogP contribution in [-0.2, 0) is 19.6 Å². The first-order chi connectivity index (χ1) is 8.90. The number of nitrogens with one attached hydrogen (secondary N) is 1. The number of hydrogen-bond donors (Lipinski definition) is 1. The first kappa shape index (κ1) is 16.7. The molecule has 0 heterocycles. The lowest BCUT2D eigenvalue weighted by atomic mass is 9.86. The summed E-state index contributed by atoms with van der Waals surface area (Å²) in [4.78, 5) is 11.4. The second kappa shape index (κ2) is 7.45. The number of methoxy groups -OCH3 is 1. The molecule has 1 fully saturated rings. The summed E-state index contributed by atoms with van der Waals surface area (Å²) in [6.07, 6.45) is 3.13. The van der Waals surface area contributed by atoms with E-state index in [1.807, 2.05) is 0 Å². The van der Waals surface area contributed by atoms with Gasteiger partial charge in [0.25, 0.3) is 0 Å². The van der Waals surface area contributed by atoms with Crippen molar-refractivity contribution in [2.24, 2.45) is 5.92 Å². The van der Waals surface area contributed by atoms with E-state index in [9.17, 15) is 13.2 Å². The zero-order valence-electron chi connectivity index (χ0n) is 11.4. The minimum absolute atomic E-state index is 0.0799. The van der Waals surface area contributed by atoms with Gasteiger partial charge in [-0.05, 0) is 39.0 Å². The summed E-state index contributed by atoms with van der Waals surface area (Å²) in [5.41, 5.74) is 0. The van der Waals surface area contributed by atoms with Crippen LogP contribution in [0.1, 0.15) is 39.0 Å². The molecule has 0 aromatic heterocycles. The number of halogens is 1. The highest BCUT2D eigenvalue weighted by molar-refractivity contribution is 7.90. The molecule has 0 bridgehead atoms. The quantitative estimate of drug-likeness (QED) is 0.598. The fraction of sp³-hybridized carbons (Fsp3) is 0.917. The number of ether oxygens (including phenoxy) is 1. The van der Waals surface area contributed by atoms with Crippen molar-refractivity contribution in [3.05, 3.63) is 0 Å². The van der Waals surface area contributed by atoms with Crippen molar-refractivity contribution in [1.29, 1.82) is 0 Å². The van der Waals surface area contributed by atoms with E-state index in [0.717, 1.165) is 0 Å². The maximum Gasteiger partial charge on any atom is 0.308 e. The lowest BCUT2D eigenvalue weighted by Crippen LogP contribution is -2.42. The molecule has 0 aliphatic heterocycles. The SMILES string of the molecule is COC(=O)[C@H]1CC[C@H](NS(=O)(=O)C(C)CCCl)CC1. The number of sulfonamides is 1. The van der Waals surface area contributed by atoms with Crippen LogP contribution in [0.3, 0.4) is 0 Å². The first-order valence-corrected chi connectivity index (χ1v) is 8.63. The Morgan fingerprint density at radius 1 is 1.37 bits per heavy atom. The number of rotatable bonds is 6. The van der Waals surface area contributed by atoms with E-state index in [1.54, 1.807) is 6.92 Å². The second-order valence-corrected chi connectivity index (χ2v) is 7.53. The lowest BCUT2D eigenvalue weighted by molar-refractivity contribution is -0.146. The zero-order valence-corrected chi connectivity index (χ0v) is 13.0. The molecule has 7 heteroatoms. The summed E-state index contributed by atoms with van der Waals surface area (Å²) >= 11 is 5.57. The Balaban J connectivity index is 2.46. The Morgan fingerprint density at radius 2 is 1.95 bits per heavy atom. The third kappa shape index (κ3) is 4.93. The van der Waals surface area contributed by atoms with Gasteiger partial charge in [-0.3, -0.25) is 4.79 Å². The van der Waals surface area contributed by atoms with Crippen molar-refractivity contribution in [3.63, 3.8) is 0 Å². The van der Waals surface area contributed by atoms with E-state index < -0.39 is 15.3 Å². The number of carbonyl (C=O) groups excluding carboxylic acids is 1. The van der Waals surface area contributed by atoms with Crippen molar-refractivity contribution >= 4 is 27.6 Å². The number of hydrogen-bond acceptors (Lipinski definition) is 4. The van der Waals surface area contributed by atoms with Crippen LogP contribution in [0, 0.1) is 5.92 Å². The van der Waals surface area contributed by atoms with E-state index in [0.29, 0.717) is 38.0 Å². The molecule has 0 saturated heterocycles. The third-order valence-electron chi connectivity index (χ3n) is 3.64. The molecule has 1 saturated carbocycles. The zero-order chi connectivity index (χ0) is 14.5. The molecule has 1 N–H and O–H groups in total. The number of carbonyl (C=O) groups is 1. The largest absolute Gasteiger partial charge is 0.469 e. The predicted molar refractivity (Wildman–Crippen MR) is 74.6 cm³/mol. The van der Waals surface area contributed by atoms with Crippen LogP contribution in [0.2, 0.25) is 0 Å². The van der Waals surface area contributed by atoms with Crippen molar-refractivity contribution < 1.29 is 17.9 Å². The van der Waals surface area contributed by atoms with Crippen LogP contribution in [-0.4, -0.2) is 38.7 Å². The lowest BCUT2D eigenvalue weighted by Gasteiger charge is -2.28. The predicted octanol–water partition coefficient (Wildman–Crippen LogP) is 1.66. The molecule has 1 aliphatic rings. The molecular weight excluding hydrogens is 290 g/mol. The Morgan fingerprint density at radius 3 is 2.42 bits per heavy atom. The summed E-state index contributed by atoms with van der Waals surface area (Å²) in [5, 5.41) is -0.483. The van der Waals surface area contributed by atoms with Crippen molar-refractivity contribution in [3.8, 4) is 0 Å². The molecule has 1 unspecified atom stereocenters. The summed E-state index contributed by atoms with van der Waals surface area (Å²) in [6.45, 7) is 1.66. The van der Waals surface area contributed by atoms with Gasteiger partial charge in [0.2, 0.25) is 10.0 Å². The minimum atomic E-state index is -3.32. The molecule has 1 atom stereocenters. The maximum atomic E-state index is 12.0. The highest BCUT2D eigenvalue weighted by Crippen LogP contribution is 2.26. The molecule has 0 spiro atoms. The molecule has 0 aromatic carbocycles. The van der Waals surface area contributed by atoms with Gasteiger partial charge >= 0.3 is 5.97 Å². The van der Waals surface area contributed by atoms with Crippen LogP contribution >= 0.6 is 11.6 Å². The molecule has 1 aliphatic carbocycles. The molecular formula is C12H22ClNO4S. The van der Waals surface area contributed by atoms with E-state index in [4.69, 9.17) is 16.3 Å². The van der Waals surface area contributed by atoms with Crippen LogP contribution in [0.15, 0.2) is 0 Å². The molecule has 0 radical (unpaired) electrons. The fourth-order valence-corrected chi connectivity index (χ4v) is 4.09. The van der Waals surface area contributed by atoms with E-state index in [-0.39, 0.29) is 17.9 Å². The summed E-state index contributed by atoms with van der Waals surface area (Å²) in [5.74, 6) is 0.0415. The highest BCUT2D eigenvalue weighted by atomic mass is 35.5. The summed E-state index contributed by atoms with van der Waals surface area (Å²) in [6, 6.07) is -0.0799. The van der Waals surface area contributed by atoms with E-state index in [1.165, 1.54) is 7.11 Å². The Bertz CT molecular complexity index is 391. The highest BCUT2D eigenvalue weighted by Gasteiger charge is 2.30. The third-order valence-corrected chi connectivity index (χ3v) is 5.81. The fourth-order valence-electron chi connectivity index (χ4n) is 2.27. The van der Waals surface area contributed by atoms with Gasteiger partial charge in [-0.25, -0.2) is 13.1 Å². The number of alkyl halides is 1. The van der Waals surface area contributed by atoms with Gasteiger partial charge in [0.15, 0.2) is 0 Å². The Kier molecular flexibility index (Phi) is 6.56. The van der Waals surface area contributed by atoms with Gasteiger partial charge in [-0.2, -0.15) is 0 Å². The van der Waals surface area contributed by atoms with Crippen LogP contribution in [0.4, 0.5) is 0 Å². The Labute approximate surface area is 120 Å². The molecule has 19 heavy (non-hydrogen) atoms. The van der Waals surface area contributed by atoms with Gasteiger partial charge in [-0.15, -0.1) is 11.6 Å². The van der Waals surface area contributed by atoms with Gasteiger partial charge in [0.05, 0.1) is 18.3 Å². The summed E-state index contributed by atoms with van der Waals surface area (Å²) in [7, 11) is -1.94. The molecule has 0 amide bonds. The molecule has 5 nitrogen and oxygen atoms in total. The number of esters is 1. The van der Waals surface area contributed by atoms with Crippen molar-refractivity contribution in [1.82, 2.24) is 4.72 Å².